The molecule has 2 saturated heterocycles. The maximum atomic E-state index is 14.3. The number of imide groups is 1. The molecule has 2 fully saturated rings. The fourth-order valence-corrected chi connectivity index (χ4v) is 7.05. The molecule has 0 unspecified atom stereocenters. The molecule has 0 bridgehead atoms. The maximum absolute atomic E-state index is 14.3. The highest BCUT2D eigenvalue weighted by Gasteiger charge is 2.70. The lowest BCUT2D eigenvalue weighted by Gasteiger charge is -2.29. The van der Waals surface area contributed by atoms with Gasteiger partial charge in [-0.2, -0.15) is 0 Å². The van der Waals surface area contributed by atoms with Crippen molar-refractivity contribution in [1.29, 1.82) is 0 Å². The van der Waals surface area contributed by atoms with Crippen LogP contribution in [-0.2, 0) is 37.6 Å². The minimum absolute atomic E-state index is 0.217. The molecular weight excluding hydrogens is 518 g/mol. The third-order valence-corrected chi connectivity index (χ3v) is 8.78. The van der Waals surface area contributed by atoms with E-state index in [4.69, 9.17) is 0 Å². The molecule has 3 aromatic carbocycles. The van der Waals surface area contributed by atoms with Gasteiger partial charge in [0.05, 0.1) is 17.5 Å². The van der Waals surface area contributed by atoms with Gasteiger partial charge in [0.2, 0.25) is 23.6 Å². The van der Waals surface area contributed by atoms with Crippen LogP contribution in [0.15, 0.2) is 72.9 Å². The van der Waals surface area contributed by atoms with E-state index in [0.29, 0.717) is 29.8 Å². The highest BCUT2D eigenvalue weighted by atomic mass is 16.2. The normalized spacial score (nSPS) is 24.7. The second-order valence-corrected chi connectivity index (χ2v) is 11.0. The first-order valence-corrected chi connectivity index (χ1v) is 13.9. The zero-order valence-electron chi connectivity index (χ0n) is 22.7. The zero-order valence-corrected chi connectivity index (χ0v) is 22.7. The van der Waals surface area contributed by atoms with Crippen molar-refractivity contribution in [2.75, 3.05) is 15.5 Å². The molecule has 0 saturated carbocycles. The molecule has 9 nitrogen and oxygen atoms in total. The first-order chi connectivity index (χ1) is 19.8. The van der Waals surface area contributed by atoms with E-state index in [9.17, 15) is 19.2 Å². The maximum Gasteiger partial charge on any atom is 0.250 e. The van der Waals surface area contributed by atoms with Gasteiger partial charge in [-0.15, -0.1) is 0 Å². The predicted molar refractivity (Wildman–Crippen MR) is 155 cm³/mol. The summed E-state index contributed by atoms with van der Waals surface area (Å²) < 4.78 is 0. The Kier molecular flexibility index (Phi) is 5.62. The summed E-state index contributed by atoms with van der Waals surface area (Å²) in [4.78, 5) is 58.5. The van der Waals surface area contributed by atoms with Gasteiger partial charge in [0.25, 0.3) is 0 Å². The van der Waals surface area contributed by atoms with Gasteiger partial charge in [0.1, 0.15) is 5.54 Å². The summed E-state index contributed by atoms with van der Waals surface area (Å²) in [6.45, 7) is 3.44. The van der Waals surface area contributed by atoms with Gasteiger partial charge in [-0.05, 0) is 54.3 Å². The third-order valence-electron chi connectivity index (χ3n) is 8.78. The molecular formula is C32H29N5O4. The molecule has 0 aliphatic carbocycles. The Morgan fingerprint density at radius 1 is 0.951 bits per heavy atom. The van der Waals surface area contributed by atoms with E-state index < -0.39 is 29.3 Å². The quantitative estimate of drug-likeness (QED) is 0.283. The van der Waals surface area contributed by atoms with Crippen LogP contribution in [0.3, 0.4) is 0 Å². The molecule has 4 atom stereocenters. The molecule has 1 aromatic heterocycles. The molecule has 1 spiro atoms. The Bertz CT molecular complexity index is 1760. The van der Waals surface area contributed by atoms with E-state index >= 15 is 0 Å². The Labute approximate surface area is 236 Å². The molecule has 3 aliphatic rings. The van der Waals surface area contributed by atoms with Gasteiger partial charge in [-0.1, -0.05) is 43.3 Å². The smallest absolute Gasteiger partial charge is 0.250 e. The number of aromatic nitrogens is 1. The first kappa shape index (κ1) is 25.2. The molecule has 4 amide bonds. The SMILES string of the molecule is CCc1cccc2c1NC(=O)[C@@]21N[C@@H](Cc2c[nH]c3ccccc23)[C@H]2C(=O)N(c3ccc(NC(C)=O)cc3)C(=O)[C@H]21. The van der Waals surface area contributed by atoms with Crippen LogP contribution in [0.5, 0.6) is 0 Å². The van der Waals surface area contributed by atoms with E-state index in [-0.39, 0.29) is 17.7 Å². The molecule has 41 heavy (non-hydrogen) atoms. The molecule has 4 heterocycles. The highest BCUT2D eigenvalue weighted by Crippen LogP contribution is 2.54. The number of nitrogens with one attached hydrogen (secondary N) is 4. The Hall–Kier alpha value is -4.76. The second kappa shape index (κ2) is 9.14. The monoisotopic (exact) mass is 547 g/mol. The van der Waals surface area contributed by atoms with Crippen LogP contribution in [0.2, 0.25) is 0 Å². The summed E-state index contributed by atoms with van der Waals surface area (Å²) in [5, 5.41) is 10.4. The summed E-state index contributed by atoms with van der Waals surface area (Å²) in [5.41, 5.74) is 4.00. The van der Waals surface area contributed by atoms with Crippen LogP contribution < -0.4 is 20.9 Å². The highest BCUT2D eigenvalue weighted by molar-refractivity contribution is 6.26. The van der Waals surface area contributed by atoms with Crippen LogP contribution in [0.25, 0.3) is 10.9 Å². The van der Waals surface area contributed by atoms with Crippen LogP contribution in [0, 0.1) is 11.8 Å². The number of aryl methyl sites for hydroxylation is 1. The molecule has 7 rings (SSSR count). The van der Waals surface area contributed by atoms with Crippen LogP contribution in [-0.4, -0.2) is 34.7 Å². The number of hydrogen-bond donors (Lipinski definition) is 4. The number of anilines is 3. The van der Waals surface area contributed by atoms with Gasteiger partial charge < -0.3 is 15.6 Å². The molecule has 206 valence electrons. The lowest BCUT2D eigenvalue weighted by Crippen LogP contribution is -2.53. The topological polar surface area (TPSA) is 123 Å². The van der Waals surface area contributed by atoms with Gasteiger partial charge >= 0.3 is 0 Å². The van der Waals surface area contributed by atoms with Crippen molar-refractivity contribution in [3.8, 4) is 0 Å². The van der Waals surface area contributed by atoms with Crippen molar-refractivity contribution >= 4 is 51.6 Å². The van der Waals surface area contributed by atoms with E-state index in [0.717, 1.165) is 27.7 Å². The Morgan fingerprint density at radius 2 is 1.73 bits per heavy atom. The summed E-state index contributed by atoms with van der Waals surface area (Å²) >= 11 is 0. The van der Waals surface area contributed by atoms with Crippen molar-refractivity contribution in [3.63, 3.8) is 0 Å². The minimum atomic E-state index is -1.38. The van der Waals surface area contributed by atoms with Crippen molar-refractivity contribution in [2.45, 2.75) is 38.3 Å². The number of hydrogen-bond acceptors (Lipinski definition) is 5. The molecule has 4 aromatic rings. The number of benzene rings is 3. The summed E-state index contributed by atoms with van der Waals surface area (Å²) in [6, 6.07) is 19.9. The lowest BCUT2D eigenvalue weighted by atomic mass is 9.76. The van der Waals surface area contributed by atoms with Gasteiger partial charge in [0, 0.05) is 47.0 Å². The van der Waals surface area contributed by atoms with E-state index in [2.05, 4.69) is 20.9 Å². The molecule has 3 aliphatic heterocycles. The number of nitrogens with zero attached hydrogens (tertiary/aromatic N) is 1. The number of para-hydroxylation sites is 2. The average molecular weight is 548 g/mol. The molecule has 9 heteroatoms. The van der Waals surface area contributed by atoms with Crippen LogP contribution in [0.1, 0.15) is 30.5 Å². The number of amides is 4. The molecule has 4 N–H and O–H groups in total. The lowest BCUT2D eigenvalue weighted by molar-refractivity contribution is -0.130. The Balaban J connectivity index is 1.34. The zero-order chi connectivity index (χ0) is 28.5. The molecule has 0 radical (unpaired) electrons. The fraction of sp³-hybridized carbons (Fsp3) is 0.250. The number of carbonyl (C=O) groups excluding carboxylic acids is 4. The van der Waals surface area contributed by atoms with Crippen molar-refractivity contribution in [1.82, 2.24) is 10.3 Å². The second-order valence-electron chi connectivity index (χ2n) is 11.0. The summed E-state index contributed by atoms with van der Waals surface area (Å²) in [5.74, 6) is -2.96. The Morgan fingerprint density at radius 3 is 2.49 bits per heavy atom. The van der Waals surface area contributed by atoms with Gasteiger partial charge in [0.15, 0.2) is 0 Å². The first-order valence-electron chi connectivity index (χ1n) is 13.9. The minimum Gasteiger partial charge on any atom is -0.361 e. The predicted octanol–water partition coefficient (Wildman–Crippen LogP) is 3.86. The van der Waals surface area contributed by atoms with E-state index in [1.807, 2.05) is 55.6 Å². The van der Waals surface area contributed by atoms with Crippen molar-refractivity contribution in [2.24, 2.45) is 11.8 Å². The number of rotatable bonds is 5. The summed E-state index contributed by atoms with van der Waals surface area (Å²) in [7, 11) is 0. The third kappa shape index (κ3) is 3.58. The summed E-state index contributed by atoms with van der Waals surface area (Å²) in [6.07, 6.45) is 3.10. The fourth-order valence-electron chi connectivity index (χ4n) is 7.05. The number of carbonyl (C=O) groups is 4. The van der Waals surface area contributed by atoms with Gasteiger partial charge in [-0.25, -0.2) is 4.90 Å². The number of H-pyrrole nitrogens is 1. The number of aromatic amines is 1. The standard InChI is InChI=1S/C32H29N5O4/c1-3-18-7-6-9-23-28(18)35-31(41)32(23)27-26(25(36-32)15-19-16-33-24-10-5-4-8-22(19)24)29(39)37(30(27)40)21-13-11-20(12-14-21)34-17(2)38/h4-14,16,25-27,33,36H,3,15H2,1-2H3,(H,34,38)(H,35,41)/t25-,26+,27-,32+/m0/s1. The number of fused-ring (bicyclic) bond motifs is 5. The van der Waals surface area contributed by atoms with Gasteiger partial charge in [-0.3, -0.25) is 24.5 Å². The van der Waals surface area contributed by atoms with E-state index in [1.165, 1.54) is 11.8 Å². The van der Waals surface area contributed by atoms with Crippen molar-refractivity contribution < 1.29 is 19.2 Å². The van der Waals surface area contributed by atoms with E-state index in [1.54, 1.807) is 24.3 Å². The van der Waals surface area contributed by atoms with Crippen LogP contribution in [0.4, 0.5) is 17.1 Å². The average Bonchev–Trinajstić information content (AvgIpc) is 3.67. The van der Waals surface area contributed by atoms with Crippen LogP contribution >= 0.6 is 0 Å². The van der Waals surface area contributed by atoms with Crippen molar-refractivity contribution in [3.05, 3.63) is 89.6 Å². The largest absolute Gasteiger partial charge is 0.361 e.